The second kappa shape index (κ2) is 65.6. The molecule has 0 aromatic carbocycles. The average molecular weight is 1080 g/mol. The molecule has 0 fully saturated rings. The molecule has 78 heavy (non-hydrogen) atoms. The molecule has 0 bridgehead atoms. The zero-order valence-electron chi connectivity index (χ0n) is 51.2. The van der Waals surface area contributed by atoms with Crippen LogP contribution in [0.5, 0.6) is 0 Å². The molecule has 0 rings (SSSR count). The number of carbonyl (C=O) groups is 3. The van der Waals surface area contributed by atoms with Crippen LogP contribution in [0.2, 0.25) is 0 Å². The van der Waals surface area contributed by atoms with Gasteiger partial charge >= 0.3 is 17.9 Å². The molecule has 0 radical (unpaired) electrons. The summed E-state index contributed by atoms with van der Waals surface area (Å²) in [5.74, 6) is -0.881. The van der Waals surface area contributed by atoms with E-state index in [1.165, 1.54) is 148 Å². The van der Waals surface area contributed by atoms with E-state index in [1.54, 1.807) is 0 Å². The molecule has 0 saturated heterocycles. The first-order chi connectivity index (χ1) is 38.5. The van der Waals surface area contributed by atoms with Crippen molar-refractivity contribution in [3.63, 3.8) is 0 Å². The first kappa shape index (κ1) is 74.1. The van der Waals surface area contributed by atoms with Crippen molar-refractivity contribution in [2.75, 3.05) is 13.2 Å². The lowest BCUT2D eigenvalue weighted by atomic mass is 10.0. The topological polar surface area (TPSA) is 78.9 Å². The normalized spacial score (nSPS) is 12.8. The maximum Gasteiger partial charge on any atom is 0.306 e. The lowest BCUT2D eigenvalue weighted by Gasteiger charge is -2.18. The predicted octanol–water partition coefficient (Wildman–Crippen LogP) is 22.6. The van der Waals surface area contributed by atoms with E-state index in [9.17, 15) is 14.4 Å². The Bertz CT molecular complexity index is 1570. The van der Waals surface area contributed by atoms with E-state index in [0.29, 0.717) is 19.3 Å². The number of rotatable bonds is 59. The second-order valence-electron chi connectivity index (χ2n) is 21.6. The highest BCUT2D eigenvalue weighted by Crippen LogP contribution is 2.16. The molecule has 1 atom stereocenters. The summed E-state index contributed by atoms with van der Waals surface area (Å²) >= 11 is 0. The minimum atomic E-state index is -0.784. The molecule has 0 aliphatic rings. The maximum atomic E-state index is 12.9. The van der Waals surface area contributed by atoms with Crippen molar-refractivity contribution in [2.45, 2.75) is 316 Å². The van der Waals surface area contributed by atoms with Crippen molar-refractivity contribution in [2.24, 2.45) is 0 Å². The Kier molecular flexibility index (Phi) is 62.3. The van der Waals surface area contributed by atoms with Crippen LogP contribution in [0, 0.1) is 0 Å². The summed E-state index contributed by atoms with van der Waals surface area (Å²) in [5, 5.41) is 0. The first-order valence-corrected chi connectivity index (χ1v) is 32.9. The standard InChI is InChI=1S/C72H122O6/c1-4-7-10-13-16-19-22-25-27-29-31-33-34-35-36-37-38-40-41-43-45-47-50-53-56-59-62-65-71(74)77-68-69(67-76-70(73)64-61-58-55-52-49-24-21-18-15-12-9-6-3)78-72(75)66-63-60-57-54-51-48-46-44-42-39-32-30-28-26-23-20-17-14-11-8-5-2/h7-8,10-11,16-17,19-20,25-28,31-33,35-36,39,69H,4-6,9,12-15,18,21-24,29-30,34,37-38,40-68H2,1-3H3/b10-7-,11-8-,19-16-,20-17-,27-25-,28-26-,33-31-,36-35-,39-32-. The Morgan fingerprint density at radius 1 is 0.269 bits per heavy atom. The Hall–Kier alpha value is -3.93. The molecule has 0 amide bonds. The summed E-state index contributed by atoms with van der Waals surface area (Å²) in [6.45, 7) is 6.43. The monoisotopic (exact) mass is 1080 g/mol. The van der Waals surface area contributed by atoms with E-state index in [-0.39, 0.29) is 31.1 Å². The van der Waals surface area contributed by atoms with Gasteiger partial charge in [-0.2, -0.15) is 0 Å². The molecule has 0 N–H and O–H groups in total. The minimum absolute atomic E-state index is 0.0799. The lowest BCUT2D eigenvalue weighted by molar-refractivity contribution is -0.167. The highest BCUT2D eigenvalue weighted by molar-refractivity contribution is 5.71. The Labute approximate surface area is 482 Å². The summed E-state index contributed by atoms with van der Waals surface area (Å²) in [4.78, 5) is 38.3. The van der Waals surface area contributed by atoms with Gasteiger partial charge < -0.3 is 14.2 Å². The van der Waals surface area contributed by atoms with Gasteiger partial charge in [0, 0.05) is 19.3 Å². The van der Waals surface area contributed by atoms with Crippen LogP contribution in [0.25, 0.3) is 0 Å². The van der Waals surface area contributed by atoms with Gasteiger partial charge in [0.2, 0.25) is 0 Å². The summed E-state index contributed by atoms with van der Waals surface area (Å²) in [7, 11) is 0. The van der Waals surface area contributed by atoms with Gasteiger partial charge in [-0.1, -0.05) is 297 Å². The van der Waals surface area contributed by atoms with Crippen molar-refractivity contribution in [3.05, 3.63) is 109 Å². The SMILES string of the molecule is CC/C=C\C/C=C\C/C=C\C/C=C\C/C=C\CCCCCCCCCCCCCC(=O)OCC(COC(=O)CCCCCCCCCCCCCC)OC(=O)CCCCCCCCCC/C=C\C/C=C\C/C=C\C/C=C\CC. The van der Waals surface area contributed by atoms with E-state index in [2.05, 4.69) is 130 Å². The minimum Gasteiger partial charge on any atom is -0.462 e. The fourth-order valence-corrected chi connectivity index (χ4v) is 9.17. The van der Waals surface area contributed by atoms with Crippen LogP contribution >= 0.6 is 0 Å². The Balaban J connectivity index is 4.30. The van der Waals surface area contributed by atoms with Crippen LogP contribution < -0.4 is 0 Å². The third-order valence-electron chi connectivity index (χ3n) is 14.0. The number of hydrogen-bond acceptors (Lipinski definition) is 6. The molecule has 6 heteroatoms. The number of ether oxygens (including phenoxy) is 3. The van der Waals surface area contributed by atoms with Crippen LogP contribution in [0.15, 0.2) is 109 Å². The van der Waals surface area contributed by atoms with Gasteiger partial charge in [0.15, 0.2) is 6.10 Å². The molecule has 0 aliphatic carbocycles. The van der Waals surface area contributed by atoms with Gasteiger partial charge in [0.05, 0.1) is 0 Å². The second-order valence-corrected chi connectivity index (χ2v) is 21.6. The van der Waals surface area contributed by atoms with Crippen molar-refractivity contribution >= 4 is 17.9 Å². The van der Waals surface area contributed by atoms with Crippen molar-refractivity contribution in [3.8, 4) is 0 Å². The molecule has 0 aliphatic heterocycles. The van der Waals surface area contributed by atoms with Gasteiger partial charge in [0.25, 0.3) is 0 Å². The molecular weight excluding hydrogens is 961 g/mol. The largest absolute Gasteiger partial charge is 0.462 e. The van der Waals surface area contributed by atoms with Crippen molar-refractivity contribution in [1.29, 1.82) is 0 Å². The zero-order chi connectivity index (χ0) is 56.4. The third-order valence-corrected chi connectivity index (χ3v) is 14.0. The molecule has 0 aromatic heterocycles. The van der Waals surface area contributed by atoms with Gasteiger partial charge in [0.1, 0.15) is 13.2 Å². The van der Waals surface area contributed by atoms with Gasteiger partial charge in [-0.05, 0) is 103 Å². The summed E-state index contributed by atoms with van der Waals surface area (Å²) in [6, 6.07) is 0. The molecule has 0 aromatic rings. The molecular formula is C72H122O6. The Morgan fingerprint density at radius 2 is 0.500 bits per heavy atom. The predicted molar refractivity (Wildman–Crippen MR) is 339 cm³/mol. The number of unbranched alkanes of at least 4 members (excludes halogenated alkanes) is 30. The maximum absolute atomic E-state index is 12.9. The van der Waals surface area contributed by atoms with E-state index < -0.39 is 6.10 Å². The van der Waals surface area contributed by atoms with Crippen LogP contribution in [0.4, 0.5) is 0 Å². The first-order valence-electron chi connectivity index (χ1n) is 32.9. The van der Waals surface area contributed by atoms with Gasteiger partial charge in [-0.15, -0.1) is 0 Å². The van der Waals surface area contributed by atoms with Crippen LogP contribution in [-0.2, 0) is 28.6 Å². The van der Waals surface area contributed by atoms with Crippen LogP contribution in [-0.4, -0.2) is 37.2 Å². The zero-order valence-corrected chi connectivity index (χ0v) is 51.2. The third kappa shape index (κ3) is 62.9. The summed E-state index contributed by atoms with van der Waals surface area (Å²) in [5.41, 5.74) is 0. The smallest absolute Gasteiger partial charge is 0.306 e. The number of allylic oxidation sites excluding steroid dienone is 18. The fraction of sp³-hybridized carbons (Fsp3) is 0.708. The fourth-order valence-electron chi connectivity index (χ4n) is 9.17. The van der Waals surface area contributed by atoms with E-state index in [4.69, 9.17) is 14.2 Å². The molecule has 1 unspecified atom stereocenters. The summed E-state index contributed by atoms with van der Waals surface area (Å²) in [6.07, 6.45) is 89.5. The number of carbonyl (C=O) groups excluding carboxylic acids is 3. The molecule has 0 saturated carbocycles. The molecule has 6 nitrogen and oxygen atoms in total. The highest BCUT2D eigenvalue weighted by Gasteiger charge is 2.19. The van der Waals surface area contributed by atoms with Crippen LogP contribution in [0.3, 0.4) is 0 Å². The number of hydrogen-bond donors (Lipinski definition) is 0. The summed E-state index contributed by atoms with van der Waals surface area (Å²) < 4.78 is 16.9. The van der Waals surface area contributed by atoms with Gasteiger partial charge in [-0.3, -0.25) is 14.4 Å². The van der Waals surface area contributed by atoms with E-state index in [0.717, 1.165) is 122 Å². The van der Waals surface area contributed by atoms with Gasteiger partial charge in [-0.25, -0.2) is 0 Å². The van der Waals surface area contributed by atoms with Crippen molar-refractivity contribution < 1.29 is 28.6 Å². The lowest BCUT2D eigenvalue weighted by Crippen LogP contribution is -2.30. The van der Waals surface area contributed by atoms with Crippen LogP contribution in [0.1, 0.15) is 310 Å². The van der Waals surface area contributed by atoms with Crippen molar-refractivity contribution in [1.82, 2.24) is 0 Å². The van der Waals surface area contributed by atoms with E-state index >= 15 is 0 Å². The Morgan fingerprint density at radius 3 is 0.782 bits per heavy atom. The molecule has 0 heterocycles. The number of esters is 3. The highest BCUT2D eigenvalue weighted by atomic mass is 16.6. The average Bonchev–Trinajstić information content (AvgIpc) is 3.44. The van der Waals surface area contributed by atoms with E-state index in [1.807, 2.05) is 0 Å². The quantitative estimate of drug-likeness (QED) is 0.0261. The molecule has 446 valence electrons. The molecule has 0 spiro atoms.